The van der Waals surface area contributed by atoms with Crippen molar-refractivity contribution in [3.63, 3.8) is 0 Å². The summed E-state index contributed by atoms with van der Waals surface area (Å²) in [5, 5.41) is 13.0. The number of rotatable bonds is 5. The summed E-state index contributed by atoms with van der Waals surface area (Å²) in [6.07, 6.45) is 0.0492. The summed E-state index contributed by atoms with van der Waals surface area (Å²) in [5.74, 6) is 1.60. The summed E-state index contributed by atoms with van der Waals surface area (Å²) in [5.41, 5.74) is 1.63. The first-order chi connectivity index (χ1) is 13.2. The first-order valence-corrected chi connectivity index (χ1v) is 8.69. The topological polar surface area (TPSA) is 80.9 Å². The molecule has 1 aromatic heterocycles. The molecule has 2 atom stereocenters. The summed E-state index contributed by atoms with van der Waals surface area (Å²) in [7, 11) is 0. The minimum Gasteiger partial charge on any atom is -0.485 e. The highest BCUT2D eigenvalue weighted by molar-refractivity contribution is 5.81. The van der Waals surface area contributed by atoms with Crippen LogP contribution in [0.5, 0.6) is 11.5 Å². The van der Waals surface area contributed by atoms with Gasteiger partial charge in [-0.3, -0.25) is 4.79 Å². The predicted octanol–water partition coefficient (Wildman–Crippen LogP) is 2.94. The summed E-state index contributed by atoms with van der Waals surface area (Å²) in [6.45, 7) is 0.219. The van der Waals surface area contributed by atoms with Crippen LogP contribution in [0.25, 0.3) is 11.3 Å². The van der Waals surface area contributed by atoms with Crippen molar-refractivity contribution in [3.8, 4) is 22.8 Å². The monoisotopic (exact) mass is 365 g/mol. The van der Waals surface area contributed by atoms with Crippen LogP contribution in [0.3, 0.4) is 0 Å². The van der Waals surface area contributed by atoms with Crippen molar-refractivity contribution in [1.82, 2.24) is 5.32 Å². The third kappa shape index (κ3) is 3.80. The van der Waals surface area contributed by atoms with Gasteiger partial charge in [-0.1, -0.05) is 36.4 Å². The van der Waals surface area contributed by atoms with Gasteiger partial charge in [0.2, 0.25) is 6.10 Å². The van der Waals surface area contributed by atoms with Gasteiger partial charge in [-0.2, -0.15) is 0 Å². The number of hydrogen-bond acceptors (Lipinski definition) is 5. The molecule has 2 aromatic carbocycles. The maximum Gasteiger partial charge on any atom is 0.264 e. The van der Waals surface area contributed by atoms with Crippen molar-refractivity contribution in [1.29, 1.82) is 0 Å². The van der Waals surface area contributed by atoms with Crippen LogP contribution in [0.15, 0.2) is 71.3 Å². The molecule has 1 amide bonds. The second-order valence-electron chi connectivity index (χ2n) is 6.22. The van der Waals surface area contributed by atoms with Crippen LogP contribution in [0, 0.1) is 0 Å². The van der Waals surface area contributed by atoms with E-state index in [-0.39, 0.29) is 19.1 Å². The molecule has 0 fully saturated rings. The van der Waals surface area contributed by atoms with E-state index in [1.165, 1.54) is 0 Å². The number of carbonyl (C=O) groups is 1. The van der Waals surface area contributed by atoms with E-state index in [1.54, 1.807) is 18.4 Å². The molecule has 6 nitrogen and oxygen atoms in total. The number of para-hydroxylation sites is 2. The number of fused-ring (bicyclic) bond motifs is 1. The molecule has 2 heterocycles. The number of aliphatic hydroxyl groups is 1. The van der Waals surface area contributed by atoms with E-state index < -0.39 is 12.2 Å². The molecule has 0 saturated heterocycles. The Bertz CT molecular complexity index is 905. The standard InChI is InChI=1S/C21H19NO5/c23-16(14-7-9-15(10-8-14)17-6-3-11-25-17)12-22-21(24)20-13-26-18-4-1-2-5-19(18)27-20/h1-11,16,20,23H,12-13H2,(H,22,24)/t16-,20+/m1/s1. The minimum atomic E-state index is -0.823. The van der Waals surface area contributed by atoms with Gasteiger partial charge in [-0.15, -0.1) is 0 Å². The van der Waals surface area contributed by atoms with Gasteiger partial charge in [0.1, 0.15) is 12.4 Å². The SMILES string of the molecule is O=C(NC[C@@H](O)c1ccc(-c2ccco2)cc1)[C@@H]1COc2ccccc2O1. The molecular formula is C21H19NO5. The quantitative estimate of drug-likeness (QED) is 0.727. The lowest BCUT2D eigenvalue weighted by Crippen LogP contribution is -2.45. The Morgan fingerprint density at radius 3 is 2.59 bits per heavy atom. The highest BCUT2D eigenvalue weighted by Gasteiger charge is 2.27. The number of carbonyl (C=O) groups excluding carboxylic acids is 1. The number of nitrogens with one attached hydrogen (secondary N) is 1. The number of furan rings is 1. The van der Waals surface area contributed by atoms with Gasteiger partial charge in [0.25, 0.3) is 5.91 Å². The van der Waals surface area contributed by atoms with Crippen LogP contribution in [0.1, 0.15) is 11.7 Å². The molecule has 6 heteroatoms. The number of benzene rings is 2. The average molecular weight is 365 g/mol. The number of amides is 1. The molecule has 0 saturated carbocycles. The lowest BCUT2D eigenvalue weighted by atomic mass is 10.1. The third-order valence-electron chi connectivity index (χ3n) is 4.37. The maximum absolute atomic E-state index is 12.3. The maximum atomic E-state index is 12.3. The van der Waals surface area contributed by atoms with Gasteiger partial charge in [0, 0.05) is 12.1 Å². The van der Waals surface area contributed by atoms with Crippen molar-refractivity contribution < 1.29 is 23.8 Å². The largest absolute Gasteiger partial charge is 0.485 e. The average Bonchev–Trinajstić information content (AvgIpc) is 3.26. The second-order valence-corrected chi connectivity index (χ2v) is 6.22. The number of ether oxygens (including phenoxy) is 2. The van der Waals surface area contributed by atoms with Crippen LogP contribution in [0.2, 0.25) is 0 Å². The van der Waals surface area contributed by atoms with Gasteiger partial charge in [-0.25, -0.2) is 0 Å². The fourth-order valence-corrected chi connectivity index (χ4v) is 2.89. The van der Waals surface area contributed by atoms with Crippen LogP contribution >= 0.6 is 0 Å². The fourth-order valence-electron chi connectivity index (χ4n) is 2.89. The fraction of sp³-hybridized carbons (Fsp3) is 0.190. The van der Waals surface area contributed by atoms with Gasteiger partial charge < -0.3 is 24.3 Å². The van der Waals surface area contributed by atoms with Crippen LogP contribution in [-0.2, 0) is 4.79 Å². The van der Waals surface area contributed by atoms with Gasteiger partial charge >= 0.3 is 0 Å². The van der Waals surface area contributed by atoms with Crippen LogP contribution in [0.4, 0.5) is 0 Å². The van der Waals surface area contributed by atoms with E-state index in [0.29, 0.717) is 17.1 Å². The molecule has 2 N–H and O–H groups in total. The van der Waals surface area contributed by atoms with Gasteiger partial charge in [0.15, 0.2) is 11.5 Å². The molecule has 0 unspecified atom stereocenters. The van der Waals surface area contributed by atoms with E-state index >= 15 is 0 Å². The van der Waals surface area contributed by atoms with Crippen LogP contribution < -0.4 is 14.8 Å². The van der Waals surface area contributed by atoms with Crippen molar-refractivity contribution in [3.05, 3.63) is 72.5 Å². The zero-order chi connectivity index (χ0) is 18.6. The van der Waals surface area contributed by atoms with Gasteiger partial charge in [-0.05, 0) is 29.8 Å². The van der Waals surface area contributed by atoms with E-state index in [1.807, 2.05) is 48.5 Å². The zero-order valence-electron chi connectivity index (χ0n) is 14.5. The first-order valence-electron chi connectivity index (χ1n) is 8.69. The number of aliphatic hydroxyl groups excluding tert-OH is 1. The Morgan fingerprint density at radius 1 is 1.07 bits per heavy atom. The van der Waals surface area contributed by atoms with E-state index in [2.05, 4.69) is 5.32 Å². The molecule has 27 heavy (non-hydrogen) atoms. The van der Waals surface area contributed by atoms with E-state index in [9.17, 15) is 9.90 Å². The molecule has 3 aromatic rings. The van der Waals surface area contributed by atoms with Crippen LogP contribution in [-0.4, -0.2) is 30.3 Å². The normalized spacial score (nSPS) is 16.6. The summed E-state index contributed by atoms with van der Waals surface area (Å²) < 4.78 is 16.5. The van der Waals surface area contributed by atoms with Crippen molar-refractivity contribution in [2.75, 3.05) is 13.2 Å². The van der Waals surface area contributed by atoms with Gasteiger partial charge in [0.05, 0.1) is 12.4 Å². The Labute approximate surface area is 156 Å². The Hall–Kier alpha value is -3.25. The van der Waals surface area contributed by atoms with E-state index in [0.717, 1.165) is 11.3 Å². The molecule has 0 bridgehead atoms. The summed E-state index contributed by atoms with van der Waals surface area (Å²) >= 11 is 0. The molecule has 0 spiro atoms. The molecule has 0 aliphatic carbocycles. The van der Waals surface area contributed by atoms with Crippen molar-refractivity contribution in [2.24, 2.45) is 0 Å². The third-order valence-corrected chi connectivity index (χ3v) is 4.37. The van der Waals surface area contributed by atoms with Crippen molar-refractivity contribution in [2.45, 2.75) is 12.2 Å². The molecule has 1 aliphatic heterocycles. The minimum absolute atomic E-state index is 0.0838. The predicted molar refractivity (Wildman–Crippen MR) is 98.5 cm³/mol. The molecule has 4 rings (SSSR count). The lowest BCUT2D eigenvalue weighted by Gasteiger charge is -2.26. The molecule has 138 valence electrons. The lowest BCUT2D eigenvalue weighted by molar-refractivity contribution is -0.130. The Balaban J connectivity index is 1.32. The Morgan fingerprint density at radius 2 is 1.85 bits per heavy atom. The second kappa shape index (κ2) is 7.55. The first kappa shape index (κ1) is 17.2. The highest BCUT2D eigenvalue weighted by Crippen LogP contribution is 2.31. The molecular weight excluding hydrogens is 346 g/mol. The number of hydrogen-bond donors (Lipinski definition) is 2. The smallest absolute Gasteiger partial charge is 0.264 e. The summed E-state index contributed by atoms with van der Waals surface area (Å²) in [4.78, 5) is 12.3. The van der Waals surface area contributed by atoms with E-state index in [4.69, 9.17) is 13.9 Å². The highest BCUT2D eigenvalue weighted by atomic mass is 16.6. The molecule has 0 radical (unpaired) electrons. The van der Waals surface area contributed by atoms with Crippen molar-refractivity contribution >= 4 is 5.91 Å². The Kier molecular flexibility index (Phi) is 4.80. The molecule has 1 aliphatic rings. The zero-order valence-corrected chi connectivity index (χ0v) is 14.5. The summed E-state index contributed by atoms with van der Waals surface area (Å²) in [6, 6.07) is 18.3.